The van der Waals surface area contributed by atoms with Gasteiger partial charge in [0.05, 0.1) is 5.54 Å². The van der Waals surface area contributed by atoms with Crippen molar-refractivity contribution in [1.82, 2.24) is 15.2 Å². The number of aromatic nitrogens is 1. The third kappa shape index (κ3) is 2.89. The van der Waals surface area contributed by atoms with Crippen LogP contribution in [0.2, 0.25) is 0 Å². The molecule has 1 aliphatic carbocycles. The third-order valence-electron chi connectivity index (χ3n) is 7.16. The normalized spacial score (nSPS) is 25.9. The first-order valence-electron chi connectivity index (χ1n) is 10.7. The zero-order valence-corrected chi connectivity index (χ0v) is 17.0. The van der Waals surface area contributed by atoms with Crippen molar-refractivity contribution >= 4 is 10.9 Å². The molecule has 146 valence electrons. The lowest BCUT2D eigenvalue weighted by Gasteiger charge is -2.46. The zero-order chi connectivity index (χ0) is 19.1. The van der Waals surface area contributed by atoms with Gasteiger partial charge in [-0.15, -0.1) is 0 Å². The molecular formula is C25H31N3. The van der Waals surface area contributed by atoms with Gasteiger partial charge in [0.2, 0.25) is 0 Å². The Kier molecular flexibility index (Phi) is 4.53. The summed E-state index contributed by atoms with van der Waals surface area (Å²) in [5.74, 6) is 0.708. The molecule has 0 amide bonds. The highest BCUT2D eigenvalue weighted by Crippen LogP contribution is 2.47. The molecule has 0 saturated heterocycles. The number of aromatic amines is 1. The van der Waals surface area contributed by atoms with Crippen molar-refractivity contribution in [2.45, 2.75) is 43.7 Å². The Morgan fingerprint density at radius 3 is 2.43 bits per heavy atom. The van der Waals surface area contributed by atoms with E-state index in [4.69, 9.17) is 0 Å². The van der Waals surface area contributed by atoms with Gasteiger partial charge in [0, 0.05) is 29.2 Å². The lowest BCUT2D eigenvalue weighted by molar-refractivity contribution is 0.112. The second-order valence-corrected chi connectivity index (χ2v) is 8.94. The van der Waals surface area contributed by atoms with Gasteiger partial charge in [-0.25, -0.2) is 0 Å². The molecule has 0 radical (unpaired) electrons. The van der Waals surface area contributed by atoms with E-state index in [0.717, 1.165) is 13.0 Å². The fourth-order valence-corrected chi connectivity index (χ4v) is 5.90. The molecule has 1 fully saturated rings. The second kappa shape index (κ2) is 7.06. The largest absolute Gasteiger partial charge is 0.357 e. The highest BCUT2D eigenvalue weighted by Gasteiger charge is 2.43. The first-order valence-corrected chi connectivity index (χ1v) is 10.7. The van der Waals surface area contributed by atoms with E-state index in [1.54, 1.807) is 5.56 Å². The topological polar surface area (TPSA) is 31.1 Å². The number of rotatable bonds is 3. The fraction of sp³-hybridized carbons (Fsp3) is 0.440. The van der Waals surface area contributed by atoms with Crippen molar-refractivity contribution in [1.29, 1.82) is 0 Å². The van der Waals surface area contributed by atoms with E-state index in [0.29, 0.717) is 12.0 Å². The minimum absolute atomic E-state index is 0.136. The van der Waals surface area contributed by atoms with Crippen LogP contribution in [0.15, 0.2) is 54.6 Å². The van der Waals surface area contributed by atoms with Gasteiger partial charge < -0.3 is 15.2 Å². The molecule has 1 spiro atoms. The van der Waals surface area contributed by atoms with Crippen LogP contribution in [-0.2, 0) is 12.0 Å². The molecule has 0 bridgehead atoms. The number of benzene rings is 2. The lowest BCUT2D eigenvalue weighted by atomic mass is 9.69. The minimum Gasteiger partial charge on any atom is -0.357 e. The van der Waals surface area contributed by atoms with E-state index in [1.165, 1.54) is 47.8 Å². The zero-order valence-electron chi connectivity index (χ0n) is 17.0. The number of nitrogens with one attached hydrogen (secondary N) is 2. The van der Waals surface area contributed by atoms with Crippen molar-refractivity contribution in [3.8, 4) is 0 Å². The smallest absolute Gasteiger partial charge is 0.0590 e. The fourth-order valence-electron chi connectivity index (χ4n) is 5.90. The summed E-state index contributed by atoms with van der Waals surface area (Å²) in [6, 6.07) is 20.4. The highest BCUT2D eigenvalue weighted by molar-refractivity contribution is 5.85. The van der Waals surface area contributed by atoms with Gasteiger partial charge in [-0.2, -0.15) is 0 Å². The van der Waals surface area contributed by atoms with E-state index < -0.39 is 0 Å². The Hall–Kier alpha value is -2.10. The van der Waals surface area contributed by atoms with Crippen molar-refractivity contribution in [3.05, 3.63) is 71.4 Å². The van der Waals surface area contributed by atoms with Gasteiger partial charge in [0.25, 0.3) is 0 Å². The highest BCUT2D eigenvalue weighted by atomic mass is 15.1. The minimum atomic E-state index is 0.136. The van der Waals surface area contributed by atoms with Crippen LogP contribution in [0.4, 0.5) is 0 Å². The van der Waals surface area contributed by atoms with E-state index in [9.17, 15) is 0 Å². The molecule has 3 heteroatoms. The second-order valence-electron chi connectivity index (χ2n) is 8.94. The third-order valence-corrected chi connectivity index (χ3v) is 7.16. The maximum absolute atomic E-state index is 3.94. The summed E-state index contributed by atoms with van der Waals surface area (Å²) in [7, 11) is 4.47. The van der Waals surface area contributed by atoms with Crippen LogP contribution in [0.25, 0.3) is 10.9 Å². The molecule has 1 aliphatic heterocycles. The molecule has 2 aromatic carbocycles. The van der Waals surface area contributed by atoms with E-state index in [-0.39, 0.29) is 5.54 Å². The summed E-state index contributed by atoms with van der Waals surface area (Å²) in [4.78, 5) is 6.22. The predicted molar refractivity (Wildman–Crippen MR) is 117 cm³/mol. The van der Waals surface area contributed by atoms with Gasteiger partial charge in [0.1, 0.15) is 0 Å². The summed E-state index contributed by atoms with van der Waals surface area (Å²) < 4.78 is 0. The number of para-hydroxylation sites is 1. The number of H-pyrrole nitrogens is 1. The molecule has 2 N–H and O–H groups in total. The average Bonchev–Trinajstić information content (AvgIpc) is 3.11. The Bertz CT molecular complexity index is 948. The van der Waals surface area contributed by atoms with Crippen molar-refractivity contribution in [2.75, 3.05) is 20.6 Å². The number of hydrogen-bond donors (Lipinski definition) is 2. The molecule has 3 aromatic rings. The van der Waals surface area contributed by atoms with Gasteiger partial charge >= 0.3 is 0 Å². The standard InChI is InChI=1S/C25H31N3/c1-28(2)23(18-8-4-3-5-9-18)19-12-15-25(16-13-19)24-21(14-17-26-25)20-10-6-7-11-22(20)27-24/h3-11,19,23,26-27H,12-17H2,1-2H3. The van der Waals surface area contributed by atoms with Crippen LogP contribution >= 0.6 is 0 Å². The molecule has 5 rings (SSSR count). The molecule has 1 atom stereocenters. The van der Waals surface area contributed by atoms with E-state index >= 15 is 0 Å². The Labute approximate surface area is 168 Å². The number of nitrogens with zero attached hydrogens (tertiary/aromatic N) is 1. The summed E-state index contributed by atoms with van der Waals surface area (Å²) in [6.45, 7) is 1.09. The first-order chi connectivity index (χ1) is 13.7. The van der Waals surface area contributed by atoms with Crippen molar-refractivity contribution in [2.24, 2.45) is 5.92 Å². The van der Waals surface area contributed by atoms with Crippen molar-refractivity contribution in [3.63, 3.8) is 0 Å². The molecule has 1 saturated carbocycles. The summed E-state index contributed by atoms with van der Waals surface area (Å²) in [5, 5.41) is 5.36. The molecule has 3 nitrogen and oxygen atoms in total. The summed E-state index contributed by atoms with van der Waals surface area (Å²) in [6.07, 6.45) is 6.09. The van der Waals surface area contributed by atoms with Crippen LogP contribution in [0.3, 0.4) is 0 Å². The van der Waals surface area contributed by atoms with E-state index in [1.807, 2.05) is 0 Å². The van der Waals surface area contributed by atoms with Gasteiger partial charge in [-0.3, -0.25) is 0 Å². The summed E-state index contributed by atoms with van der Waals surface area (Å²) >= 11 is 0. The maximum atomic E-state index is 3.94. The Morgan fingerprint density at radius 2 is 1.68 bits per heavy atom. The molecule has 2 heterocycles. The Balaban J connectivity index is 1.43. The van der Waals surface area contributed by atoms with Gasteiger partial charge in [0.15, 0.2) is 0 Å². The molecule has 1 aromatic heterocycles. The Morgan fingerprint density at radius 1 is 0.964 bits per heavy atom. The maximum Gasteiger partial charge on any atom is 0.0590 e. The number of hydrogen-bond acceptors (Lipinski definition) is 2. The molecule has 2 aliphatic rings. The van der Waals surface area contributed by atoms with Gasteiger partial charge in [-0.1, -0.05) is 48.5 Å². The van der Waals surface area contributed by atoms with Crippen LogP contribution in [0.1, 0.15) is 48.5 Å². The van der Waals surface area contributed by atoms with E-state index in [2.05, 4.69) is 83.9 Å². The van der Waals surface area contributed by atoms with Crippen LogP contribution < -0.4 is 5.32 Å². The average molecular weight is 374 g/mol. The molecule has 1 unspecified atom stereocenters. The monoisotopic (exact) mass is 373 g/mol. The van der Waals surface area contributed by atoms with Gasteiger partial charge in [-0.05, 0) is 69.3 Å². The van der Waals surface area contributed by atoms with Crippen LogP contribution in [0.5, 0.6) is 0 Å². The first kappa shape index (κ1) is 18.0. The van der Waals surface area contributed by atoms with Crippen LogP contribution in [-0.4, -0.2) is 30.5 Å². The van der Waals surface area contributed by atoms with Crippen molar-refractivity contribution < 1.29 is 0 Å². The quantitative estimate of drug-likeness (QED) is 0.677. The SMILES string of the molecule is CN(C)C(c1ccccc1)C1CCC2(CC1)NCCc1c2[nH]c2ccccc12. The van der Waals surface area contributed by atoms with Crippen LogP contribution in [0, 0.1) is 5.92 Å². The lowest BCUT2D eigenvalue weighted by Crippen LogP contribution is -2.50. The number of fused-ring (bicyclic) bond motifs is 4. The molecule has 28 heavy (non-hydrogen) atoms. The summed E-state index contributed by atoms with van der Waals surface area (Å²) in [5.41, 5.74) is 5.92. The molecular weight excluding hydrogens is 342 g/mol. The predicted octanol–water partition coefficient (Wildman–Crippen LogP) is 5.00.